The molecule has 0 aliphatic carbocycles. The van der Waals surface area contributed by atoms with E-state index in [9.17, 15) is 19.0 Å². The van der Waals surface area contributed by atoms with E-state index in [2.05, 4.69) is 74.6 Å². The van der Waals surface area contributed by atoms with Crippen LogP contribution in [0.25, 0.3) is 0 Å². The third-order valence-corrected chi connectivity index (χ3v) is 8.37. The number of esters is 2. The summed E-state index contributed by atoms with van der Waals surface area (Å²) in [5.41, 5.74) is 5.32. The van der Waals surface area contributed by atoms with Crippen LogP contribution in [-0.4, -0.2) is 49.3 Å². The SMILES string of the molecule is CC/C=C\C/C=C\C/C=C\C/C=C\CCCCCCC(=O)OC[C@H](COP(=O)(O)OCCN)OC(=O)CCCCCCC/C=C\CCCC. The lowest BCUT2D eigenvalue weighted by atomic mass is 10.1. The lowest BCUT2D eigenvalue weighted by molar-refractivity contribution is -0.161. The molecular formula is C39H68NO8P. The molecule has 282 valence electrons. The fourth-order valence-electron chi connectivity index (χ4n) is 4.60. The van der Waals surface area contributed by atoms with Crippen molar-refractivity contribution in [2.75, 3.05) is 26.4 Å². The van der Waals surface area contributed by atoms with Gasteiger partial charge in [0.25, 0.3) is 0 Å². The highest BCUT2D eigenvalue weighted by Crippen LogP contribution is 2.43. The maximum atomic E-state index is 12.5. The van der Waals surface area contributed by atoms with Crippen molar-refractivity contribution in [1.29, 1.82) is 0 Å². The molecule has 0 fully saturated rings. The van der Waals surface area contributed by atoms with Crippen molar-refractivity contribution in [1.82, 2.24) is 0 Å². The first-order valence-corrected chi connectivity index (χ1v) is 20.3. The molecule has 0 aliphatic rings. The van der Waals surface area contributed by atoms with Crippen LogP contribution in [0.15, 0.2) is 60.8 Å². The normalized spacial score (nSPS) is 14.1. The van der Waals surface area contributed by atoms with Crippen molar-refractivity contribution in [2.45, 2.75) is 148 Å². The smallest absolute Gasteiger partial charge is 0.462 e. The number of phosphoric ester groups is 1. The lowest BCUT2D eigenvalue weighted by Crippen LogP contribution is -2.29. The molecule has 49 heavy (non-hydrogen) atoms. The topological polar surface area (TPSA) is 134 Å². The predicted octanol–water partition coefficient (Wildman–Crippen LogP) is 10.2. The Bertz CT molecular complexity index is 992. The van der Waals surface area contributed by atoms with Gasteiger partial charge >= 0.3 is 19.8 Å². The molecule has 0 aromatic carbocycles. The Kier molecular flexibility index (Phi) is 33.9. The molecule has 0 aromatic heterocycles. The summed E-state index contributed by atoms with van der Waals surface area (Å²) in [5, 5.41) is 0. The third kappa shape index (κ3) is 35.3. The molecule has 0 amide bonds. The van der Waals surface area contributed by atoms with Gasteiger partial charge in [-0.3, -0.25) is 18.6 Å². The average Bonchev–Trinajstić information content (AvgIpc) is 3.08. The van der Waals surface area contributed by atoms with E-state index in [0.717, 1.165) is 89.9 Å². The molecule has 1 unspecified atom stereocenters. The molecule has 3 N–H and O–H groups in total. The van der Waals surface area contributed by atoms with E-state index in [-0.39, 0.29) is 32.6 Å². The zero-order valence-electron chi connectivity index (χ0n) is 30.7. The molecular weight excluding hydrogens is 641 g/mol. The molecule has 0 spiro atoms. The first kappa shape index (κ1) is 46.7. The van der Waals surface area contributed by atoms with Crippen LogP contribution in [0.1, 0.15) is 142 Å². The second-order valence-corrected chi connectivity index (χ2v) is 13.5. The Labute approximate surface area is 298 Å². The zero-order valence-corrected chi connectivity index (χ0v) is 31.5. The largest absolute Gasteiger partial charge is 0.472 e. The molecule has 10 heteroatoms. The van der Waals surface area contributed by atoms with Crippen molar-refractivity contribution in [3.05, 3.63) is 60.8 Å². The van der Waals surface area contributed by atoms with Gasteiger partial charge in [0.2, 0.25) is 0 Å². The minimum Gasteiger partial charge on any atom is -0.462 e. The quantitative estimate of drug-likeness (QED) is 0.0290. The molecule has 0 rings (SSSR count). The van der Waals surface area contributed by atoms with Crippen molar-refractivity contribution in [3.8, 4) is 0 Å². The molecule has 0 saturated heterocycles. The Balaban J connectivity index is 4.28. The highest BCUT2D eigenvalue weighted by molar-refractivity contribution is 7.47. The van der Waals surface area contributed by atoms with Gasteiger partial charge in [-0.1, -0.05) is 120 Å². The summed E-state index contributed by atoms with van der Waals surface area (Å²) in [6.45, 7) is 3.51. The third-order valence-electron chi connectivity index (χ3n) is 7.39. The van der Waals surface area contributed by atoms with Gasteiger partial charge in [-0.2, -0.15) is 0 Å². The summed E-state index contributed by atoms with van der Waals surface area (Å²) in [6, 6.07) is 0. The molecule has 0 saturated carbocycles. The Hall–Kier alpha value is -2.29. The number of nitrogens with two attached hydrogens (primary N) is 1. The van der Waals surface area contributed by atoms with Gasteiger partial charge in [-0.25, -0.2) is 4.57 Å². The van der Waals surface area contributed by atoms with Gasteiger partial charge in [0, 0.05) is 19.4 Å². The number of unbranched alkanes of at least 4 members (excludes halogenated alkanes) is 11. The van der Waals surface area contributed by atoms with Crippen LogP contribution in [0.5, 0.6) is 0 Å². The second kappa shape index (κ2) is 35.5. The van der Waals surface area contributed by atoms with E-state index in [1.165, 1.54) is 12.8 Å². The summed E-state index contributed by atoms with van der Waals surface area (Å²) in [5.74, 6) is -0.876. The average molecular weight is 710 g/mol. The van der Waals surface area contributed by atoms with Crippen molar-refractivity contribution >= 4 is 19.8 Å². The number of hydrogen-bond acceptors (Lipinski definition) is 8. The van der Waals surface area contributed by atoms with Gasteiger partial charge in [0.15, 0.2) is 6.10 Å². The van der Waals surface area contributed by atoms with Crippen LogP contribution >= 0.6 is 7.82 Å². The fourth-order valence-corrected chi connectivity index (χ4v) is 5.37. The van der Waals surface area contributed by atoms with Gasteiger partial charge in [0.05, 0.1) is 13.2 Å². The molecule has 0 aliphatic heterocycles. The fraction of sp³-hybridized carbons (Fsp3) is 0.692. The molecule has 0 bridgehead atoms. The maximum Gasteiger partial charge on any atom is 0.472 e. The number of carbonyl (C=O) groups excluding carboxylic acids is 2. The van der Waals surface area contributed by atoms with Crippen LogP contribution in [0, 0.1) is 0 Å². The number of phosphoric acid groups is 1. The zero-order chi connectivity index (χ0) is 36.1. The summed E-state index contributed by atoms with van der Waals surface area (Å²) in [7, 11) is -4.38. The number of hydrogen-bond donors (Lipinski definition) is 2. The number of rotatable bonds is 34. The van der Waals surface area contributed by atoms with Gasteiger partial charge < -0.3 is 20.1 Å². The number of ether oxygens (including phenoxy) is 2. The van der Waals surface area contributed by atoms with E-state index < -0.39 is 32.5 Å². The van der Waals surface area contributed by atoms with Crippen molar-refractivity contribution in [2.24, 2.45) is 5.73 Å². The highest BCUT2D eigenvalue weighted by Gasteiger charge is 2.25. The predicted molar refractivity (Wildman–Crippen MR) is 201 cm³/mol. The van der Waals surface area contributed by atoms with Crippen molar-refractivity contribution < 1.29 is 37.6 Å². The van der Waals surface area contributed by atoms with Crippen LogP contribution in [-0.2, 0) is 32.7 Å². The highest BCUT2D eigenvalue weighted by atomic mass is 31.2. The summed E-state index contributed by atoms with van der Waals surface area (Å²) in [4.78, 5) is 34.7. The Morgan fingerprint density at radius 1 is 0.633 bits per heavy atom. The van der Waals surface area contributed by atoms with Crippen LogP contribution < -0.4 is 5.73 Å². The molecule has 9 nitrogen and oxygen atoms in total. The molecule has 0 radical (unpaired) electrons. The van der Waals surface area contributed by atoms with Crippen LogP contribution in [0.2, 0.25) is 0 Å². The van der Waals surface area contributed by atoms with E-state index >= 15 is 0 Å². The maximum absolute atomic E-state index is 12.5. The first-order chi connectivity index (χ1) is 23.8. The number of allylic oxidation sites excluding steroid dienone is 10. The molecule has 2 atom stereocenters. The second-order valence-electron chi connectivity index (χ2n) is 12.1. The summed E-state index contributed by atoms with van der Waals surface area (Å²) in [6.07, 6.45) is 39.7. The van der Waals surface area contributed by atoms with E-state index in [4.69, 9.17) is 24.3 Å². The summed E-state index contributed by atoms with van der Waals surface area (Å²) >= 11 is 0. The van der Waals surface area contributed by atoms with E-state index in [0.29, 0.717) is 12.8 Å². The minimum absolute atomic E-state index is 0.0457. The van der Waals surface area contributed by atoms with Crippen molar-refractivity contribution in [3.63, 3.8) is 0 Å². The molecule has 0 aromatic rings. The van der Waals surface area contributed by atoms with Gasteiger partial charge in [0.1, 0.15) is 6.61 Å². The first-order valence-electron chi connectivity index (χ1n) is 18.8. The number of carbonyl (C=O) groups is 2. The lowest BCUT2D eigenvalue weighted by Gasteiger charge is -2.19. The summed E-state index contributed by atoms with van der Waals surface area (Å²) < 4.78 is 32.6. The van der Waals surface area contributed by atoms with E-state index in [1.807, 2.05) is 0 Å². The van der Waals surface area contributed by atoms with E-state index in [1.54, 1.807) is 0 Å². The standard InChI is InChI=1S/C39H68NO8P/c1-3-5-7-9-11-13-15-16-17-18-19-20-22-23-25-27-29-31-38(41)45-35-37(36-47-49(43,44)46-34-33-40)48-39(42)32-30-28-26-24-21-14-12-10-8-6-4-2/h5,7,10-13,16-17,19-20,37H,3-4,6,8-9,14-15,18,21-36,40H2,1-2H3,(H,43,44)/b7-5-,12-10-,13-11-,17-16-,20-19-/t37-/m1/s1. The molecule has 0 heterocycles. The Morgan fingerprint density at radius 3 is 1.69 bits per heavy atom. The Morgan fingerprint density at radius 2 is 1.12 bits per heavy atom. The van der Waals surface area contributed by atoms with Crippen LogP contribution in [0.4, 0.5) is 0 Å². The van der Waals surface area contributed by atoms with Gasteiger partial charge in [-0.05, 0) is 70.6 Å². The van der Waals surface area contributed by atoms with Crippen LogP contribution in [0.3, 0.4) is 0 Å². The monoisotopic (exact) mass is 709 g/mol. The minimum atomic E-state index is -4.38. The van der Waals surface area contributed by atoms with Gasteiger partial charge in [-0.15, -0.1) is 0 Å².